The minimum Gasteiger partial charge on any atom is -0.497 e. The molecule has 0 bridgehead atoms. The topological polar surface area (TPSA) is 87.7 Å². The molecule has 0 aliphatic carbocycles. The summed E-state index contributed by atoms with van der Waals surface area (Å²) < 4.78 is 32.1. The third kappa shape index (κ3) is 6.41. The zero-order chi connectivity index (χ0) is 25.8. The van der Waals surface area contributed by atoms with Crippen LogP contribution in [0.1, 0.15) is 45.6 Å². The first-order chi connectivity index (χ1) is 16.5. The summed E-state index contributed by atoms with van der Waals surface area (Å²) in [6.07, 6.45) is 0. The first-order valence-electron chi connectivity index (χ1n) is 11.3. The van der Waals surface area contributed by atoms with Crippen LogP contribution in [0.5, 0.6) is 5.75 Å². The molecule has 2 N–H and O–H groups in total. The number of anilines is 1. The molecule has 0 unspecified atom stereocenters. The molecule has 0 radical (unpaired) electrons. The molecule has 0 heterocycles. The van der Waals surface area contributed by atoms with Crippen molar-refractivity contribution in [1.29, 1.82) is 0 Å². The van der Waals surface area contributed by atoms with Crippen LogP contribution in [-0.4, -0.2) is 39.8 Å². The number of carbonyl (C=O) groups is 1. The molecule has 3 aromatic rings. The molecule has 8 heteroatoms. The molecule has 0 aliphatic rings. The zero-order valence-electron chi connectivity index (χ0n) is 21.0. The zero-order valence-corrected chi connectivity index (χ0v) is 21.9. The molecule has 3 rings (SSSR count). The first-order valence-corrected chi connectivity index (χ1v) is 12.8. The number of hydrogen-bond acceptors (Lipinski definition) is 5. The summed E-state index contributed by atoms with van der Waals surface area (Å²) in [7, 11) is 0.795. The van der Waals surface area contributed by atoms with E-state index >= 15 is 0 Å². The minimum atomic E-state index is -3.74. The fraction of sp³-hybridized carbons (Fsp3) is 0.296. The van der Waals surface area contributed by atoms with E-state index in [1.807, 2.05) is 45.0 Å². The van der Waals surface area contributed by atoms with Crippen LogP contribution in [-0.2, 0) is 16.6 Å². The van der Waals surface area contributed by atoms with Crippen molar-refractivity contribution in [3.63, 3.8) is 0 Å². The SMILES string of the molecule is COc1ccc([C@@H](C)NC(=O)c2cc(NCc3cc(C)ccc3C)cc(S(=O)(=O)N(C)C)c2)cc1. The number of nitrogens with one attached hydrogen (secondary N) is 2. The number of nitrogens with zero attached hydrogens (tertiary/aromatic N) is 1. The van der Waals surface area contributed by atoms with Gasteiger partial charge in [0, 0.05) is 31.9 Å². The van der Waals surface area contributed by atoms with Gasteiger partial charge in [-0.1, -0.05) is 35.9 Å². The highest BCUT2D eigenvalue weighted by Gasteiger charge is 2.21. The number of rotatable bonds is 9. The maximum atomic E-state index is 13.2. The molecule has 0 saturated heterocycles. The summed E-state index contributed by atoms with van der Waals surface area (Å²) in [6, 6.07) is 18.0. The highest BCUT2D eigenvalue weighted by molar-refractivity contribution is 7.89. The van der Waals surface area contributed by atoms with E-state index < -0.39 is 10.0 Å². The van der Waals surface area contributed by atoms with E-state index in [4.69, 9.17) is 4.74 Å². The van der Waals surface area contributed by atoms with Gasteiger partial charge < -0.3 is 15.4 Å². The minimum absolute atomic E-state index is 0.0516. The van der Waals surface area contributed by atoms with Gasteiger partial charge in [0.25, 0.3) is 5.91 Å². The monoisotopic (exact) mass is 495 g/mol. The lowest BCUT2D eigenvalue weighted by molar-refractivity contribution is 0.0939. The van der Waals surface area contributed by atoms with Crippen LogP contribution in [0.25, 0.3) is 0 Å². The number of ether oxygens (including phenoxy) is 1. The van der Waals surface area contributed by atoms with E-state index in [2.05, 4.69) is 28.8 Å². The van der Waals surface area contributed by atoms with E-state index in [1.165, 1.54) is 20.2 Å². The summed E-state index contributed by atoms with van der Waals surface area (Å²) >= 11 is 0. The molecule has 0 aromatic heterocycles. The molecular formula is C27H33N3O4S. The Bertz CT molecular complexity index is 1300. The van der Waals surface area contributed by atoms with E-state index in [-0.39, 0.29) is 22.4 Å². The first kappa shape index (κ1) is 26.2. The van der Waals surface area contributed by atoms with Crippen LogP contribution in [0, 0.1) is 13.8 Å². The Morgan fingerprint density at radius 1 is 1.00 bits per heavy atom. The normalized spacial score (nSPS) is 12.3. The van der Waals surface area contributed by atoms with E-state index in [0.29, 0.717) is 12.2 Å². The largest absolute Gasteiger partial charge is 0.497 e. The summed E-state index contributed by atoms with van der Waals surface area (Å²) in [5, 5.41) is 6.26. The lowest BCUT2D eigenvalue weighted by Gasteiger charge is -2.18. The van der Waals surface area contributed by atoms with Gasteiger partial charge in [0.15, 0.2) is 0 Å². The van der Waals surface area contributed by atoms with Gasteiger partial charge in [0.1, 0.15) is 5.75 Å². The van der Waals surface area contributed by atoms with Crippen molar-refractivity contribution in [3.05, 3.63) is 88.5 Å². The molecule has 0 aliphatic heterocycles. The molecule has 7 nitrogen and oxygen atoms in total. The lowest BCUT2D eigenvalue weighted by atomic mass is 10.1. The van der Waals surface area contributed by atoms with Gasteiger partial charge in [0.2, 0.25) is 10.0 Å². The van der Waals surface area contributed by atoms with Crippen molar-refractivity contribution in [2.24, 2.45) is 0 Å². The number of aryl methyl sites for hydroxylation is 2. The van der Waals surface area contributed by atoms with Gasteiger partial charge in [-0.05, 0) is 67.8 Å². The second-order valence-corrected chi connectivity index (χ2v) is 10.9. The Morgan fingerprint density at radius 3 is 2.31 bits per heavy atom. The number of methoxy groups -OCH3 is 1. The summed E-state index contributed by atoms with van der Waals surface area (Å²) in [5.74, 6) is 0.368. The Balaban J connectivity index is 1.90. The third-order valence-corrected chi connectivity index (χ3v) is 7.69. The van der Waals surface area contributed by atoms with Crippen molar-refractivity contribution in [3.8, 4) is 5.75 Å². The quantitative estimate of drug-likeness (QED) is 0.451. The predicted molar refractivity (Wildman–Crippen MR) is 139 cm³/mol. The fourth-order valence-electron chi connectivity index (χ4n) is 3.64. The van der Waals surface area contributed by atoms with Crippen LogP contribution in [0.3, 0.4) is 0 Å². The molecule has 0 spiro atoms. The maximum absolute atomic E-state index is 13.2. The van der Waals surface area contributed by atoms with Crippen molar-refractivity contribution in [2.45, 2.75) is 38.3 Å². The Labute approximate surface area is 208 Å². The Hall–Kier alpha value is -3.36. The van der Waals surface area contributed by atoms with Crippen molar-refractivity contribution >= 4 is 21.6 Å². The van der Waals surface area contributed by atoms with Crippen molar-refractivity contribution in [2.75, 3.05) is 26.5 Å². The van der Waals surface area contributed by atoms with Crippen LogP contribution in [0.2, 0.25) is 0 Å². The molecule has 1 amide bonds. The van der Waals surface area contributed by atoms with Gasteiger partial charge in [-0.2, -0.15) is 0 Å². The average Bonchev–Trinajstić information content (AvgIpc) is 2.84. The second kappa shape index (κ2) is 10.9. The van der Waals surface area contributed by atoms with E-state index in [9.17, 15) is 13.2 Å². The number of sulfonamides is 1. The van der Waals surface area contributed by atoms with E-state index in [1.54, 1.807) is 19.2 Å². The molecule has 3 aromatic carbocycles. The standard InChI is InChI=1S/C27H33N3O4S/c1-18-7-8-19(2)23(13-18)17-28-24-14-22(15-26(16-24)35(32,33)30(4)5)27(31)29-20(3)21-9-11-25(34-6)12-10-21/h7-16,20,28H,17H2,1-6H3,(H,29,31)/t20-/m1/s1. The lowest BCUT2D eigenvalue weighted by Crippen LogP contribution is -2.27. The summed E-state index contributed by atoms with van der Waals surface area (Å²) in [4.78, 5) is 13.2. The number of carbonyl (C=O) groups excluding carboxylic acids is 1. The third-order valence-electron chi connectivity index (χ3n) is 5.90. The van der Waals surface area contributed by atoms with Gasteiger partial charge >= 0.3 is 0 Å². The smallest absolute Gasteiger partial charge is 0.251 e. The van der Waals surface area contributed by atoms with Crippen LogP contribution >= 0.6 is 0 Å². The number of amides is 1. The molecule has 0 saturated carbocycles. The molecule has 186 valence electrons. The predicted octanol–water partition coefficient (Wildman–Crippen LogP) is 4.67. The van der Waals surface area contributed by atoms with Gasteiger partial charge in [-0.25, -0.2) is 12.7 Å². The van der Waals surface area contributed by atoms with E-state index in [0.717, 1.165) is 32.3 Å². The van der Waals surface area contributed by atoms with Gasteiger partial charge in [-0.15, -0.1) is 0 Å². The van der Waals surface area contributed by atoms with Crippen LogP contribution in [0.15, 0.2) is 65.6 Å². The highest BCUT2D eigenvalue weighted by atomic mass is 32.2. The number of hydrogen-bond donors (Lipinski definition) is 2. The Morgan fingerprint density at radius 2 is 1.69 bits per heavy atom. The van der Waals surface area contributed by atoms with Crippen LogP contribution < -0.4 is 15.4 Å². The van der Waals surface area contributed by atoms with Crippen molar-refractivity contribution < 1.29 is 17.9 Å². The molecular weight excluding hydrogens is 462 g/mol. The maximum Gasteiger partial charge on any atom is 0.251 e. The fourth-order valence-corrected chi connectivity index (χ4v) is 4.61. The number of benzene rings is 3. The van der Waals surface area contributed by atoms with Crippen LogP contribution in [0.4, 0.5) is 5.69 Å². The summed E-state index contributed by atoms with van der Waals surface area (Å²) in [6.45, 7) is 6.44. The summed E-state index contributed by atoms with van der Waals surface area (Å²) in [5.41, 5.74) is 5.10. The highest BCUT2D eigenvalue weighted by Crippen LogP contribution is 2.24. The molecule has 0 fully saturated rings. The average molecular weight is 496 g/mol. The van der Waals surface area contributed by atoms with Gasteiger partial charge in [-0.3, -0.25) is 4.79 Å². The van der Waals surface area contributed by atoms with Crippen molar-refractivity contribution in [1.82, 2.24) is 9.62 Å². The molecule has 1 atom stereocenters. The van der Waals surface area contributed by atoms with Gasteiger partial charge in [0.05, 0.1) is 18.0 Å². The Kier molecular flexibility index (Phi) is 8.19. The molecule has 35 heavy (non-hydrogen) atoms. The second-order valence-electron chi connectivity index (χ2n) is 8.79.